The molecule has 0 radical (unpaired) electrons. The maximum Gasteiger partial charge on any atom is 0.163 e. The number of rotatable bonds is 6. The van der Waals surface area contributed by atoms with Gasteiger partial charge in [0.15, 0.2) is 6.10 Å². The molecule has 4 aromatic heterocycles. The number of hydrogen-bond acceptors (Lipinski definition) is 8. The van der Waals surface area contributed by atoms with Crippen LogP contribution in [0.15, 0.2) is 36.8 Å². The lowest BCUT2D eigenvalue weighted by atomic mass is 10.0. The zero-order valence-electron chi connectivity index (χ0n) is 18.7. The molecule has 35 heavy (non-hydrogen) atoms. The fraction of sp³-hybridized carbons (Fsp3) is 0.364. The molecule has 1 saturated heterocycles. The van der Waals surface area contributed by atoms with Crippen LogP contribution in [-0.4, -0.2) is 65.6 Å². The summed E-state index contributed by atoms with van der Waals surface area (Å²) in [6, 6.07) is 4.28. The monoisotopic (exact) mass is 523 g/mol. The van der Waals surface area contributed by atoms with Gasteiger partial charge in [0.2, 0.25) is 0 Å². The first-order chi connectivity index (χ1) is 16.5. The summed E-state index contributed by atoms with van der Waals surface area (Å²) in [4.78, 5) is 4.02. The average Bonchev–Trinajstić information content (AvgIpc) is 3.41. The fourth-order valence-electron chi connectivity index (χ4n) is 4.23. The summed E-state index contributed by atoms with van der Waals surface area (Å²) in [5, 5.41) is 36.8. The molecule has 0 spiro atoms. The van der Waals surface area contributed by atoms with Crippen molar-refractivity contribution < 1.29 is 19.3 Å². The molecule has 5 rings (SSSR count). The van der Waals surface area contributed by atoms with E-state index >= 15 is 0 Å². The van der Waals surface area contributed by atoms with E-state index in [-0.39, 0.29) is 25.1 Å². The Morgan fingerprint density at radius 1 is 1.34 bits per heavy atom. The first kappa shape index (κ1) is 25.3. The van der Waals surface area contributed by atoms with Gasteiger partial charge in [0.1, 0.15) is 22.8 Å². The van der Waals surface area contributed by atoms with Crippen molar-refractivity contribution in [1.29, 1.82) is 0 Å². The van der Waals surface area contributed by atoms with Crippen molar-refractivity contribution >= 4 is 29.5 Å². The molecular weight excluding hydrogens is 500 g/mol. The highest BCUT2D eigenvalue weighted by Crippen LogP contribution is 2.35. The van der Waals surface area contributed by atoms with Crippen LogP contribution in [0.2, 0.25) is 5.02 Å². The average molecular weight is 524 g/mol. The largest absolute Gasteiger partial charge is 0.479 e. The van der Waals surface area contributed by atoms with Gasteiger partial charge in [-0.25, -0.2) is 13.6 Å². The first-order valence-electron chi connectivity index (χ1n) is 10.8. The molecule has 0 amide bonds. The van der Waals surface area contributed by atoms with Crippen LogP contribution in [-0.2, 0) is 0 Å². The van der Waals surface area contributed by atoms with Crippen LogP contribution in [0.1, 0.15) is 30.0 Å². The molecule has 3 N–H and O–H groups in total. The molecule has 13 heteroatoms. The lowest BCUT2D eigenvalue weighted by Crippen LogP contribution is -2.42. The van der Waals surface area contributed by atoms with Crippen LogP contribution >= 0.6 is 24.0 Å². The van der Waals surface area contributed by atoms with E-state index in [0.29, 0.717) is 39.8 Å². The van der Waals surface area contributed by atoms with E-state index in [2.05, 4.69) is 25.7 Å². The summed E-state index contributed by atoms with van der Waals surface area (Å²) < 4.78 is 22.7. The molecule has 4 aromatic rings. The SMILES string of the molecule is Cc1c(-c2cc(OC(CO)c3ccc(F)cn3)c3c(Cl)cnn3c2)nnn1[C@@H]1CCNC[C@@H]1O.Cl. The number of pyridine rings is 2. The molecule has 1 fully saturated rings. The van der Waals surface area contributed by atoms with Crippen LogP contribution in [0.5, 0.6) is 5.75 Å². The quantitative estimate of drug-likeness (QED) is 0.352. The molecule has 186 valence electrons. The third-order valence-corrected chi connectivity index (χ3v) is 6.25. The number of piperidine rings is 1. The van der Waals surface area contributed by atoms with Crippen LogP contribution in [0, 0.1) is 12.7 Å². The van der Waals surface area contributed by atoms with Crippen molar-refractivity contribution in [3.05, 3.63) is 59.0 Å². The predicted molar refractivity (Wildman–Crippen MR) is 128 cm³/mol. The second-order valence-corrected chi connectivity index (χ2v) is 8.57. The minimum atomic E-state index is -0.854. The number of β-amino-alcohol motifs (C(OH)–C–C–N with tert-alkyl or cyclic N) is 1. The van der Waals surface area contributed by atoms with Gasteiger partial charge < -0.3 is 20.3 Å². The second kappa shape index (κ2) is 10.4. The maximum absolute atomic E-state index is 13.3. The van der Waals surface area contributed by atoms with Gasteiger partial charge in [-0.2, -0.15) is 5.10 Å². The molecule has 0 aliphatic carbocycles. The number of hydrogen-bond donors (Lipinski definition) is 3. The Balaban J connectivity index is 0.00000289. The zero-order chi connectivity index (χ0) is 23.8. The number of aliphatic hydroxyl groups excluding tert-OH is 2. The van der Waals surface area contributed by atoms with Crippen LogP contribution in [0.3, 0.4) is 0 Å². The van der Waals surface area contributed by atoms with Gasteiger partial charge >= 0.3 is 0 Å². The Morgan fingerprint density at radius 3 is 2.89 bits per heavy atom. The number of aliphatic hydroxyl groups is 2. The normalized spacial score (nSPS) is 18.9. The molecule has 0 aromatic carbocycles. The van der Waals surface area contributed by atoms with Crippen molar-refractivity contribution in [2.75, 3.05) is 19.7 Å². The number of halogens is 3. The summed E-state index contributed by atoms with van der Waals surface area (Å²) in [6.07, 6.45) is 3.63. The van der Waals surface area contributed by atoms with Crippen LogP contribution in [0.4, 0.5) is 4.39 Å². The van der Waals surface area contributed by atoms with E-state index in [9.17, 15) is 14.6 Å². The third-order valence-electron chi connectivity index (χ3n) is 5.98. The summed E-state index contributed by atoms with van der Waals surface area (Å²) in [5.74, 6) is -0.137. The van der Waals surface area contributed by atoms with E-state index < -0.39 is 18.0 Å². The van der Waals surface area contributed by atoms with Gasteiger partial charge in [-0.1, -0.05) is 16.8 Å². The number of nitrogens with one attached hydrogen (secondary N) is 1. The topological polar surface area (TPSA) is 123 Å². The number of nitrogens with zero attached hydrogens (tertiary/aromatic N) is 6. The molecule has 5 heterocycles. The van der Waals surface area contributed by atoms with Gasteiger partial charge in [-0.3, -0.25) is 4.98 Å². The van der Waals surface area contributed by atoms with Gasteiger partial charge in [0.05, 0.1) is 47.6 Å². The van der Waals surface area contributed by atoms with Gasteiger partial charge in [-0.05, 0) is 38.1 Å². The summed E-state index contributed by atoms with van der Waals surface area (Å²) in [5.41, 5.74) is 2.92. The highest BCUT2D eigenvalue weighted by molar-refractivity contribution is 6.34. The zero-order valence-corrected chi connectivity index (χ0v) is 20.2. The van der Waals surface area contributed by atoms with Crippen molar-refractivity contribution in [2.24, 2.45) is 0 Å². The fourth-order valence-corrected chi connectivity index (χ4v) is 4.45. The first-order valence-corrected chi connectivity index (χ1v) is 11.2. The number of ether oxygens (including phenoxy) is 1. The minimum Gasteiger partial charge on any atom is -0.479 e. The van der Waals surface area contributed by atoms with Crippen LogP contribution < -0.4 is 10.1 Å². The summed E-state index contributed by atoms with van der Waals surface area (Å²) in [6.45, 7) is 2.79. The molecule has 1 aliphatic rings. The van der Waals surface area contributed by atoms with Crippen molar-refractivity contribution in [2.45, 2.75) is 31.6 Å². The molecule has 1 aliphatic heterocycles. The van der Waals surface area contributed by atoms with E-state index in [4.69, 9.17) is 16.3 Å². The third kappa shape index (κ3) is 4.82. The standard InChI is InChI=1S/C22H23ClFN7O3.ClH/c1-12-21(28-29-31(12)17-4-5-25-9-18(17)33)13-6-19(22-15(23)8-27-30(22)10-13)34-20(11-32)16-3-2-14(24)7-26-16;/h2-3,6-8,10,17-18,20,25,32-33H,4-5,9,11H2,1H3;1H/t17-,18+,20?;/m1./s1. The van der Waals surface area contributed by atoms with Crippen molar-refractivity contribution in [3.8, 4) is 17.0 Å². The summed E-state index contributed by atoms with van der Waals surface area (Å²) in [7, 11) is 0. The Labute approximate surface area is 211 Å². The molecule has 1 unspecified atom stereocenters. The Morgan fingerprint density at radius 2 is 2.17 bits per heavy atom. The Hall–Kier alpha value is -2.83. The van der Waals surface area contributed by atoms with Crippen molar-refractivity contribution in [1.82, 2.24) is 34.9 Å². The highest BCUT2D eigenvalue weighted by atomic mass is 35.5. The Kier molecular flexibility index (Phi) is 7.53. The highest BCUT2D eigenvalue weighted by Gasteiger charge is 2.28. The predicted octanol–water partition coefficient (Wildman–Crippen LogP) is 2.52. The molecule has 0 bridgehead atoms. The lowest BCUT2D eigenvalue weighted by Gasteiger charge is -2.28. The van der Waals surface area contributed by atoms with E-state index in [1.807, 2.05) is 6.92 Å². The smallest absolute Gasteiger partial charge is 0.163 e. The van der Waals surface area contributed by atoms with Crippen molar-refractivity contribution in [3.63, 3.8) is 0 Å². The van der Waals surface area contributed by atoms with Crippen LogP contribution in [0.25, 0.3) is 16.8 Å². The van der Waals surface area contributed by atoms with Gasteiger partial charge in [0, 0.05) is 18.3 Å². The van der Waals surface area contributed by atoms with E-state index in [1.165, 1.54) is 18.3 Å². The van der Waals surface area contributed by atoms with E-state index in [0.717, 1.165) is 24.9 Å². The second-order valence-electron chi connectivity index (χ2n) is 8.16. The van der Waals surface area contributed by atoms with E-state index in [1.54, 1.807) is 21.5 Å². The molecule has 0 saturated carbocycles. The maximum atomic E-state index is 13.3. The molecular formula is C22H24Cl2FN7O3. The molecule has 3 atom stereocenters. The minimum absolute atomic E-state index is 0. The lowest BCUT2D eigenvalue weighted by molar-refractivity contribution is 0.0789. The summed E-state index contributed by atoms with van der Waals surface area (Å²) >= 11 is 6.37. The van der Waals surface area contributed by atoms with Gasteiger partial charge in [0.25, 0.3) is 0 Å². The number of fused-ring (bicyclic) bond motifs is 1. The Bertz CT molecular complexity index is 1310. The molecule has 10 nitrogen and oxygen atoms in total. The number of aromatic nitrogens is 6. The van der Waals surface area contributed by atoms with Gasteiger partial charge in [-0.15, -0.1) is 17.5 Å².